The molecule has 2 N–H and O–H groups in total. The number of carbonyl (C=O) groups is 1. The molecule has 2 aromatic carbocycles. The van der Waals surface area contributed by atoms with E-state index in [2.05, 4.69) is 15.9 Å². The molecule has 1 heterocycles. The molecule has 1 aliphatic heterocycles. The molecule has 0 saturated heterocycles. The summed E-state index contributed by atoms with van der Waals surface area (Å²) in [6.45, 7) is 0.290. The largest absolute Gasteiger partial charge is 0.488 e. The van der Waals surface area contributed by atoms with Gasteiger partial charge < -0.3 is 10.5 Å². The van der Waals surface area contributed by atoms with Gasteiger partial charge in [0, 0.05) is 15.7 Å². The number of carbonyl (C=O) groups excluding carboxylic acids is 1. The van der Waals surface area contributed by atoms with Crippen LogP contribution in [0.1, 0.15) is 15.9 Å². The van der Waals surface area contributed by atoms with E-state index in [9.17, 15) is 4.79 Å². The van der Waals surface area contributed by atoms with E-state index in [1.807, 2.05) is 36.4 Å². The molecule has 20 heavy (non-hydrogen) atoms. The van der Waals surface area contributed by atoms with Crippen LogP contribution in [0.5, 0.6) is 5.75 Å². The van der Waals surface area contributed by atoms with Crippen LogP contribution < -0.4 is 10.5 Å². The minimum atomic E-state index is 0.00405. The predicted octanol–water partition coefficient (Wildman–Crippen LogP) is 3.69. The number of Topliss-reactive ketones (excluding diaryl/α,β-unsaturated/α-hetero) is 1. The minimum absolute atomic E-state index is 0.00405. The molecule has 0 aromatic heterocycles. The summed E-state index contributed by atoms with van der Waals surface area (Å²) in [6, 6.07) is 12.8. The van der Waals surface area contributed by atoms with E-state index in [1.54, 1.807) is 12.1 Å². The van der Waals surface area contributed by atoms with Crippen molar-refractivity contribution in [2.75, 3.05) is 12.3 Å². The van der Waals surface area contributed by atoms with E-state index in [0.29, 0.717) is 22.6 Å². The lowest BCUT2D eigenvalue weighted by Gasteiger charge is -2.19. The molecule has 1 aliphatic rings. The van der Waals surface area contributed by atoms with Gasteiger partial charge in [-0.3, -0.25) is 4.79 Å². The normalized spacial score (nSPS) is 15.8. The molecule has 3 rings (SSSR count). The third kappa shape index (κ3) is 2.47. The molecule has 0 amide bonds. The molecular formula is C16H12BrNO2. The van der Waals surface area contributed by atoms with Crippen molar-refractivity contribution in [2.45, 2.75) is 0 Å². The maximum atomic E-state index is 12.4. The van der Waals surface area contributed by atoms with Gasteiger partial charge in [-0.2, -0.15) is 0 Å². The Hall–Kier alpha value is -2.07. The van der Waals surface area contributed by atoms with E-state index in [-0.39, 0.29) is 12.4 Å². The van der Waals surface area contributed by atoms with Crippen molar-refractivity contribution in [2.24, 2.45) is 0 Å². The molecule has 0 unspecified atom stereocenters. The average molecular weight is 330 g/mol. The van der Waals surface area contributed by atoms with Crippen LogP contribution in [0.25, 0.3) is 6.08 Å². The Kier molecular flexibility index (Phi) is 3.32. The first-order valence-electron chi connectivity index (χ1n) is 6.16. The molecule has 0 radical (unpaired) electrons. The Morgan fingerprint density at radius 1 is 1.15 bits per heavy atom. The second-order valence-electron chi connectivity index (χ2n) is 4.59. The number of nitrogens with two attached hydrogens (primary N) is 1. The molecule has 0 fully saturated rings. The van der Waals surface area contributed by atoms with E-state index in [4.69, 9.17) is 10.5 Å². The highest BCUT2D eigenvalue weighted by molar-refractivity contribution is 9.10. The van der Waals surface area contributed by atoms with Gasteiger partial charge in [-0.25, -0.2) is 0 Å². The number of halogens is 1. The first-order valence-corrected chi connectivity index (χ1v) is 6.96. The van der Waals surface area contributed by atoms with Gasteiger partial charge in [0.2, 0.25) is 0 Å². The zero-order valence-electron chi connectivity index (χ0n) is 10.6. The highest BCUT2D eigenvalue weighted by Crippen LogP contribution is 2.30. The monoisotopic (exact) mass is 329 g/mol. The Balaban J connectivity index is 1.97. The fourth-order valence-corrected chi connectivity index (χ4v) is 2.46. The van der Waals surface area contributed by atoms with Crippen LogP contribution in [0.3, 0.4) is 0 Å². The summed E-state index contributed by atoms with van der Waals surface area (Å²) in [6.07, 6.45) is 1.84. The topological polar surface area (TPSA) is 52.3 Å². The van der Waals surface area contributed by atoms with Crippen molar-refractivity contribution in [1.82, 2.24) is 0 Å². The fraction of sp³-hybridized carbons (Fsp3) is 0.0625. The maximum absolute atomic E-state index is 12.4. The van der Waals surface area contributed by atoms with Crippen LogP contribution in [0, 0.1) is 0 Å². The first-order chi connectivity index (χ1) is 9.63. The van der Waals surface area contributed by atoms with Gasteiger partial charge in [0.05, 0.1) is 5.56 Å². The minimum Gasteiger partial charge on any atom is -0.488 e. The summed E-state index contributed by atoms with van der Waals surface area (Å²) in [5, 5.41) is 0. The van der Waals surface area contributed by atoms with Gasteiger partial charge >= 0.3 is 0 Å². The van der Waals surface area contributed by atoms with Crippen LogP contribution in [-0.2, 0) is 0 Å². The van der Waals surface area contributed by atoms with Crippen LogP contribution in [-0.4, -0.2) is 12.4 Å². The second kappa shape index (κ2) is 5.13. The Morgan fingerprint density at radius 3 is 2.65 bits per heavy atom. The van der Waals surface area contributed by atoms with E-state index in [0.717, 1.165) is 10.0 Å². The van der Waals surface area contributed by atoms with Crippen molar-refractivity contribution in [1.29, 1.82) is 0 Å². The molecule has 100 valence electrons. The SMILES string of the molecule is Nc1ccc(/C=C2\COc3ccc(Br)cc3C2=O)cc1. The van der Waals surface area contributed by atoms with Crippen molar-refractivity contribution in [3.63, 3.8) is 0 Å². The smallest absolute Gasteiger partial charge is 0.196 e. The van der Waals surface area contributed by atoms with Crippen LogP contribution in [0.2, 0.25) is 0 Å². The Labute approximate surface area is 125 Å². The molecule has 0 bridgehead atoms. The molecule has 0 saturated carbocycles. The molecule has 3 nitrogen and oxygen atoms in total. The summed E-state index contributed by atoms with van der Waals surface area (Å²) in [5.74, 6) is 0.636. The lowest BCUT2D eigenvalue weighted by molar-refractivity contribution is 0.100. The van der Waals surface area contributed by atoms with Crippen molar-refractivity contribution < 1.29 is 9.53 Å². The van der Waals surface area contributed by atoms with Gasteiger partial charge in [-0.1, -0.05) is 28.1 Å². The summed E-state index contributed by atoms with van der Waals surface area (Å²) in [4.78, 5) is 12.4. The Morgan fingerprint density at radius 2 is 1.90 bits per heavy atom. The van der Waals surface area contributed by atoms with E-state index in [1.165, 1.54) is 0 Å². The quantitative estimate of drug-likeness (QED) is 0.641. The van der Waals surface area contributed by atoms with E-state index < -0.39 is 0 Å². The average Bonchev–Trinajstić information content (AvgIpc) is 2.45. The van der Waals surface area contributed by atoms with Crippen LogP contribution in [0.4, 0.5) is 5.69 Å². The lowest BCUT2D eigenvalue weighted by Crippen LogP contribution is -2.18. The standard InChI is InChI=1S/C16H12BrNO2/c17-12-3-6-15-14(8-12)16(19)11(9-20-15)7-10-1-4-13(18)5-2-10/h1-8H,9,18H2/b11-7+. The van der Waals surface area contributed by atoms with Gasteiger partial charge in [0.25, 0.3) is 0 Å². The highest BCUT2D eigenvalue weighted by Gasteiger charge is 2.23. The van der Waals surface area contributed by atoms with Crippen molar-refractivity contribution in [3.8, 4) is 5.75 Å². The first kappa shape index (κ1) is 12.9. The number of anilines is 1. The van der Waals surface area contributed by atoms with Crippen LogP contribution in [0.15, 0.2) is 52.5 Å². The number of hydrogen-bond donors (Lipinski definition) is 1. The maximum Gasteiger partial charge on any atom is 0.196 e. The van der Waals surface area contributed by atoms with Gasteiger partial charge in [0.15, 0.2) is 5.78 Å². The van der Waals surface area contributed by atoms with Crippen LogP contribution >= 0.6 is 15.9 Å². The zero-order valence-corrected chi connectivity index (χ0v) is 12.2. The molecule has 0 spiro atoms. The number of rotatable bonds is 1. The summed E-state index contributed by atoms with van der Waals surface area (Å²) in [7, 11) is 0. The number of benzene rings is 2. The predicted molar refractivity (Wildman–Crippen MR) is 82.8 cm³/mol. The molecule has 2 aromatic rings. The Bertz CT molecular complexity index is 705. The van der Waals surface area contributed by atoms with Crippen molar-refractivity contribution >= 4 is 33.5 Å². The molecular weight excluding hydrogens is 318 g/mol. The number of ether oxygens (including phenoxy) is 1. The van der Waals surface area contributed by atoms with E-state index >= 15 is 0 Å². The lowest BCUT2D eigenvalue weighted by atomic mass is 9.98. The number of fused-ring (bicyclic) bond motifs is 1. The fourth-order valence-electron chi connectivity index (χ4n) is 2.10. The van der Waals surface area contributed by atoms with Gasteiger partial charge in [-0.05, 0) is 42.0 Å². The number of hydrogen-bond acceptors (Lipinski definition) is 3. The molecule has 0 atom stereocenters. The highest BCUT2D eigenvalue weighted by atomic mass is 79.9. The summed E-state index contributed by atoms with van der Waals surface area (Å²) in [5.41, 5.74) is 8.52. The van der Waals surface area contributed by atoms with Gasteiger partial charge in [-0.15, -0.1) is 0 Å². The third-order valence-electron chi connectivity index (χ3n) is 3.14. The number of ketones is 1. The summed E-state index contributed by atoms with van der Waals surface area (Å²) >= 11 is 3.37. The summed E-state index contributed by atoms with van der Waals surface area (Å²) < 4.78 is 6.49. The third-order valence-corrected chi connectivity index (χ3v) is 3.63. The molecule has 0 aliphatic carbocycles. The second-order valence-corrected chi connectivity index (χ2v) is 5.51. The van der Waals surface area contributed by atoms with Gasteiger partial charge in [0.1, 0.15) is 12.4 Å². The van der Waals surface area contributed by atoms with Crippen molar-refractivity contribution in [3.05, 3.63) is 63.6 Å². The molecule has 4 heteroatoms. The zero-order chi connectivity index (χ0) is 14.1. The number of nitrogen functional groups attached to an aromatic ring is 1.